The van der Waals surface area contributed by atoms with E-state index < -0.39 is 5.91 Å². The fraction of sp³-hybridized carbons (Fsp3) is 0.0833. The Labute approximate surface area is 124 Å². The van der Waals surface area contributed by atoms with Crippen LogP contribution in [0.25, 0.3) is 0 Å². The first-order chi connectivity index (χ1) is 8.97. The lowest BCUT2D eigenvalue weighted by molar-refractivity contribution is 0.102. The quantitative estimate of drug-likeness (QED) is 0.852. The number of hydrogen-bond acceptors (Lipinski definition) is 3. The van der Waals surface area contributed by atoms with Gasteiger partial charge in [-0.15, -0.1) is 0 Å². The van der Waals surface area contributed by atoms with Crippen molar-refractivity contribution < 1.29 is 4.79 Å². The van der Waals surface area contributed by atoms with Gasteiger partial charge in [-0.1, -0.05) is 40.9 Å². The van der Waals surface area contributed by atoms with E-state index in [-0.39, 0.29) is 21.7 Å². The molecule has 2 rings (SSSR count). The molecular weight excluding hydrogens is 309 g/mol. The number of benzene rings is 1. The zero-order valence-corrected chi connectivity index (χ0v) is 12.0. The number of aryl methyl sites for hydroxylation is 1. The Balaban J connectivity index is 2.28. The lowest BCUT2D eigenvalue weighted by atomic mass is 10.2. The van der Waals surface area contributed by atoms with Crippen LogP contribution in [0.4, 0.5) is 5.95 Å². The number of halogens is 3. The van der Waals surface area contributed by atoms with E-state index in [1.54, 1.807) is 31.2 Å². The van der Waals surface area contributed by atoms with E-state index in [0.29, 0.717) is 10.7 Å². The number of anilines is 1. The Morgan fingerprint density at radius 2 is 1.95 bits per heavy atom. The van der Waals surface area contributed by atoms with Crippen molar-refractivity contribution in [1.82, 2.24) is 9.97 Å². The second kappa shape index (κ2) is 5.74. The molecule has 2 aromatic rings. The number of nitrogens with zero attached hydrogens (tertiary/aromatic N) is 2. The fourth-order valence-electron chi connectivity index (χ4n) is 1.43. The van der Waals surface area contributed by atoms with E-state index in [9.17, 15) is 4.79 Å². The van der Waals surface area contributed by atoms with E-state index in [1.807, 2.05) is 0 Å². The molecule has 7 heteroatoms. The SMILES string of the molecule is Cc1cc(Cl)nc(NC(=O)c2cccc(Cl)c2Cl)n1. The summed E-state index contributed by atoms with van der Waals surface area (Å²) in [4.78, 5) is 20.0. The lowest BCUT2D eigenvalue weighted by Gasteiger charge is -2.07. The third kappa shape index (κ3) is 3.35. The van der Waals surface area contributed by atoms with Crippen LogP contribution in [0.1, 0.15) is 16.1 Å². The van der Waals surface area contributed by atoms with Crippen LogP contribution in [0, 0.1) is 6.92 Å². The number of hydrogen-bond donors (Lipinski definition) is 1. The largest absolute Gasteiger partial charge is 0.290 e. The Hall–Kier alpha value is -1.36. The predicted molar refractivity (Wildman–Crippen MR) is 76.2 cm³/mol. The highest BCUT2D eigenvalue weighted by atomic mass is 35.5. The summed E-state index contributed by atoms with van der Waals surface area (Å²) in [6.45, 7) is 1.75. The molecule has 0 unspecified atom stereocenters. The van der Waals surface area contributed by atoms with Crippen molar-refractivity contribution in [3.63, 3.8) is 0 Å². The molecule has 0 atom stereocenters. The number of carbonyl (C=O) groups is 1. The molecule has 0 aliphatic heterocycles. The molecule has 0 saturated heterocycles. The maximum Gasteiger partial charge on any atom is 0.259 e. The van der Waals surface area contributed by atoms with Gasteiger partial charge in [-0.3, -0.25) is 10.1 Å². The summed E-state index contributed by atoms with van der Waals surface area (Å²) < 4.78 is 0. The highest BCUT2D eigenvalue weighted by Crippen LogP contribution is 2.26. The van der Waals surface area contributed by atoms with E-state index >= 15 is 0 Å². The van der Waals surface area contributed by atoms with Gasteiger partial charge in [0.05, 0.1) is 15.6 Å². The Bertz CT molecular complexity index is 626. The van der Waals surface area contributed by atoms with Crippen molar-refractivity contribution >= 4 is 46.7 Å². The zero-order chi connectivity index (χ0) is 14.0. The third-order valence-corrected chi connectivity index (χ3v) is 3.26. The van der Waals surface area contributed by atoms with Crippen LogP contribution in [0.3, 0.4) is 0 Å². The first kappa shape index (κ1) is 14.1. The average molecular weight is 317 g/mol. The summed E-state index contributed by atoms with van der Waals surface area (Å²) in [6.07, 6.45) is 0. The Morgan fingerprint density at radius 1 is 1.21 bits per heavy atom. The Kier molecular flexibility index (Phi) is 4.24. The molecule has 4 nitrogen and oxygen atoms in total. The molecule has 1 aromatic carbocycles. The van der Waals surface area contributed by atoms with E-state index in [2.05, 4.69) is 15.3 Å². The van der Waals surface area contributed by atoms with Crippen molar-refractivity contribution in [1.29, 1.82) is 0 Å². The number of carbonyl (C=O) groups excluding carboxylic acids is 1. The van der Waals surface area contributed by atoms with E-state index in [0.717, 1.165) is 0 Å². The molecule has 0 bridgehead atoms. The molecule has 98 valence electrons. The van der Waals surface area contributed by atoms with Crippen LogP contribution in [0.15, 0.2) is 24.3 Å². The van der Waals surface area contributed by atoms with Gasteiger partial charge in [-0.05, 0) is 25.1 Å². The van der Waals surface area contributed by atoms with Crippen molar-refractivity contribution in [3.8, 4) is 0 Å². The topological polar surface area (TPSA) is 54.9 Å². The molecule has 0 saturated carbocycles. The highest BCUT2D eigenvalue weighted by Gasteiger charge is 2.14. The molecule has 1 N–H and O–H groups in total. The van der Waals surface area contributed by atoms with Crippen LogP contribution in [0.5, 0.6) is 0 Å². The van der Waals surface area contributed by atoms with Gasteiger partial charge in [0.15, 0.2) is 0 Å². The number of aromatic nitrogens is 2. The summed E-state index contributed by atoms with van der Waals surface area (Å²) in [5.74, 6) is -0.333. The molecule has 1 amide bonds. The Morgan fingerprint density at radius 3 is 2.63 bits per heavy atom. The summed E-state index contributed by atoms with van der Waals surface area (Å²) in [5.41, 5.74) is 0.892. The molecule has 0 aliphatic carbocycles. The minimum Gasteiger partial charge on any atom is -0.290 e. The van der Waals surface area contributed by atoms with Crippen molar-refractivity contribution in [2.24, 2.45) is 0 Å². The van der Waals surface area contributed by atoms with Crippen LogP contribution >= 0.6 is 34.8 Å². The average Bonchev–Trinajstić information content (AvgIpc) is 2.31. The van der Waals surface area contributed by atoms with Gasteiger partial charge in [0.2, 0.25) is 5.95 Å². The summed E-state index contributed by atoms with van der Waals surface area (Å²) in [6, 6.07) is 6.37. The van der Waals surface area contributed by atoms with Gasteiger partial charge >= 0.3 is 0 Å². The smallest absolute Gasteiger partial charge is 0.259 e. The van der Waals surface area contributed by atoms with E-state index in [1.165, 1.54) is 0 Å². The van der Waals surface area contributed by atoms with Gasteiger partial charge in [-0.2, -0.15) is 0 Å². The van der Waals surface area contributed by atoms with Gasteiger partial charge < -0.3 is 0 Å². The molecule has 1 aromatic heterocycles. The first-order valence-electron chi connectivity index (χ1n) is 5.24. The molecule has 19 heavy (non-hydrogen) atoms. The number of nitrogens with one attached hydrogen (secondary N) is 1. The molecule has 0 spiro atoms. The van der Waals surface area contributed by atoms with Crippen molar-refractivity contribution in [2.75, 3.05) is 5.32 Å². The number of amides is 1. The van der Waals surface area contributed by atoms with Crippen LogP contribution < -0.4 is 5.32 Å². The minimum absolute atomic E-state index is 0.117. The molecule has 0 radical (unpaired) electrons. The van der Waals surface area contributed by atoms with Gasteiger partial charge in [-0.25, -0.2) is 9.97 Å². The maximum absolute atomic E-state index is 12.0. The second-order valence-corrected chi connectivity index (χ2v) is 4.88. The first-order valence-corrected chi connectivity index (χ1v) is 6.37. The molecule has 0 fully saturated rings. The maximum atomic E-state index is 12.0. The van der Waals surface area contributed by atoms with E-state index in [4.69, 9.17) is 34.8 Å². The van der Waals surface area contributed by atoms with Gasteiger partial charge in [0, 0.05) is 5.69 Å². The summed E-state index contributed by atoms with van der Waals surface area (Å²) in [5, 5.41) is 3.25. The standard InChI is InChI=1S/C12H8Cl3N3O/c1-6-5-9(14)17-12(16-6)18-11(19)7-3-2-4-8(13)10(7)15/h2-5H,1H3,(H,16,17,18,19). The zero-order valence-electron chi connectivity index (χ0n) is 9.75. The van der Waals surface area contributed by atoms with Gasteiger partial charge in [0.1, 0.15) is 5.15 Å². The normalized spacial score (nSPS) is 10.3. The third-order valence-electron chi connectivity index (χ3n) is 2.24. The van der Waals surface area contributed by atoms with Crippen molar-refractivity contribution in [2.45, 2.75) is 6.92 Å². The highest BCUT2D eigenvalue weighted by molar-refractivity contribution is 6.44. The predicted octanol–water partition coefficient (Wildman–Crippen LogP) is 4.00. The fourth-order valence-corrected chi connectivity index (χ4v) is 2.06. The van der Waals surface area contributed by atoms with Crippen molar-refractivity contribution in [3.05, 3.63) is 50.7 Å². The molecular formula is C12H8Cl3N3O. The summed E-state index contributed by atoms with van der Waals surface area (Å²) in [7, 11) is 0. The van der Waals surface area contributed by atoms with Gasteiger partial charge in [0.25, 0.3) is 5.91 Å². The second-order valence-electron chi connectivity index (χ2n) is 3.71. The number of rotatable bonds is 2. The lowest BCUT2D eigenvalue weighted by Crippen LogP contribution is -2.15. The van der Waals surface area contributed by atoms with Crippen LogP contribution in [-0.2, 0) is 0 Å². The summed E-state index contributed by atoms with van der Waals surface area (Å²) >= 11 is 17.6. The van der Waals surface area contributed by atoms with Crippen LogP contribution in [-0.4, -0.2) is 15.9 Å². The minimum atomic E-state index is -0.450. The molecule has 1 heterocycles. The molecule has 0 aliphatic rings. The van der Waals surface area contributed by atoms with Crippen LogP contribution in [0.2, 0.25) is 15.2 Å². The monoisotopic (exact) mass is 315 g/mol.